The summed E-state index contributed by atoms with van der Waals surface area (Å²) in [7, 11) is 1.55. The Morgan fingerprint density at radius 3 is 2.00 bits per heavy atom. The minimum atomic E-state index is 0. The van der Waals surface area contributed by atoms with Crippen LogP contribution in [-0.4, -0.2) is 42.8 Å². The third-order valence-electron chi connectivity index (χ3n) is 0.295. The van der Waals surface area contributed by atoms with Gasteiger partial charge in [0.05, 0.1) is 13.2 Å². The Kier molecular flexibility index (Phi) is 35.3. The Morgan fingerprint density at radius 1 is 1.57 bits per heavy atom. The molecule has 0 aliphatic carbocycles. The number of hydrogen-bond acceptors (Lipinski definition) is 2. The first-order valence-corrected chi connectivity index (χ1v) is 1.51. The van der Waals surface area contributed by atoms with E-state index in [0.717, 1.165) is 0 Å². The van der Waals surface area contributed by atoms with Crippen molar-refractivity contribution in [2.24, 2.45) is 0 Å². The Hall–Kier alpha value is 1.45. The van der Waals surface area contributed by atoms with E-state index < -0.39 is 0 Å². The molecule has 0 rings (SSSR count). The van der Waals surface area contributed by atoms with Gasteiger partial charge in [-0.3, -0.25) is 0 Å². The average Bonchev–Trinajstić information content (AvgIpc) is 1.41. The summed E-state index contributed by atoms with van der Waals surface area (Å²) < 4.78 is 4.44. The minimum absolute atomic E-state index is 0. The molecule has 0 amide bonds. The summed E-state index contributed by atoms with van der Waals surface area (Å²) in [5.41, 5.74) is 0. The number of aliphatic hydroxyl groups is 1. The van der Waals surface area contributed by atoms with Crippen molar-refractivity contribution in [3.8, 4) is 0 Å². The number of methoxy groups -OCH3 is 1. The van der Waals surface area contributed by atoms with Crippen LogP contribution in [-0.2, 0) is 4.74 Å². The van der Waals surface area contributed by atoms with Gasteiger partial charge >= 0.3 is 46.9 Å². The number of aliphatic hydroxyl groups excluding tert-OH is 1. The minimum Gasteiger partial charge on any atom is -0.394 e. The molecule has 0 unspecified atom stereocenters. The molecule has 0 bridgehead atoms. The third kappa shape index (κ3) is 18.6. The molecule has 0 aliphatic heterocycles. The van der Waals surface area contributed by atoms with Gasteiger partial charge in [-0.1, -0.05) is 0 Å². The molecule has 0 heterocycles. The van der Waals surface area contributed by atoms with Crippen LogP contribution < -0.4 is 29.6 Å². The van der Waals surface area contributed by atoms with Gasteiger partial charge in [-0.25, -0.2) is 0 Å². The van der Waals surface area contributed by atoms with E-state index in [1.807, 2.05) is 0 Å². The van der Waals surface area contributed by atoms with Crippen molar-refractivity contribution in [3.63, 3.8) is 0 Å². The number of hydrogen-bond donors (Lipinski definition) is 1. The molecule has 7 heavy (non-hydrogen) atoms. The van der Waals surface area contributed by atoms with Gasteiger partial charge in [-0.15, -0.1) is 0 Å². The molecule has 0 saturated heterocycles. The zero-order valence-corrected chi connectivity index (χ0v) is 8.00. The number of ether oxygens (including phenoxy) is 1. The fraction of sp³-hybridized carbons (Fsp3) is 1.00. The monoisotopic (exact) mass is 126 g/mol. The summed E-state index contributed by atoms with van der Waals surface area (Å²) in [4.78, 5) is 0. The first-order valence-electron chi connectivity index (χ1n) is 1.51. The van der Waals surface area contributed by atoms with Crippen molar-refractivity contribution in [1.82, 2.24) is 0 Å². The second-order valence-corrected chi connectivity index (χ2v) is 0.716. The Bertz CT molecular complexity index is 20.4. The molecule has 0 aromatic carbocycles. The topological polar surface area (TPSA) is 29.5 Å². The molecule has 4 heteroatoms. The van der Waals surface area contributed by atoms with Crippen molar-refractivity contribution < 1.29 is 39.4 Å². The van der Waals surface area contributed by atoms with Gasteiger partial charge < -0.3 is 9.84 Å². The zero-order chi connectivity index (χ0) is 4.12. The van der Waals surface area contributed by atoms with Crippen molar-refractivity contribution in [3.05, 3.63) is 0 Å². The summed E-state index contributed by atoms with van der Waals surface area (Å²) in [6.45, 7) is 0.566. The van der Waals surface area contributed by atoms with Crippen LogP contribution in [0.15, 0.2) is 0 Å². The van der Waals surface area contributed by atoms with Gasteiger partial charge in [0.2, 0.25) is 0 Å². The molecule has 0 aliphatic rings. The van der Waals surface area contributed by atoms with E-state index in [1.165, 1.54) is 0 Å². The van der Waals surface area contributed by atoms with E-state index >= 15 is 0 Å². The molecule has 0 aromatic rings. The average molecular weight is 126 g/mol. The summed E-state index contributed by atoms with van der Waals surface area (Å²) in [5, 5.41) is 7.94. The SMILES string of the molecule is COCCO.[Al+3].[Na+]. The first kappa shape index (κ1) is 15.8. The Labute approximate surface area is 76.7 Å². The van der Waals surface area contributed by atoms with Crippen LogP contribution in [0.2, 0.25) is 0 Å². The van der Waals surface area contributed by atoms with Gasteiger partial charge in [0.15, 0.2) is 0 Å². The van der Waals surface area contributed by atoms with Crippen LogP contribution in [0.4, 0.5) is 0 Å². The summed E-state index contributed by atoms with van der Waals surface area (Å²) in [6.07, 6.45) is 0. The maximum absolute atomic E-state index is 7.94. The summed E-state index contributed by atoms with van der Waals surface area (Å²) in [5.74, 6) is 0. The van der Waals surface area contributed by atoms with Crippen molar-refractivity contribution in [1.29, 1.82) is 0 Å². The summed E-state index contributed by atoms with van der Waals surface area (Å²) >= 11 is 0. The smallest absolute Gasteiger partial charge is 0.394 e. The van der Waals surface area contributed by atoms with Crippen LogP contribution in [0, 0.1) is 0 Å². The molecule has 2 nitrogen and oxygen atoms in total. The van der Waals surface area contributed by atoms with E-state index in [1.54, 1.807) is 7.11 Å². The van der Waals surface area contributed by atoms with Crippen LogP contribution >= 0.6 is 0 Å². The molecule has 0 spiro atoms. The standard InChI is InChI=1S/C3H8O2.Al.Na/c1-5-3-2-4;;/h4H,2-3H2,1H3;;/q;+3;+1. The molecular formula is C3H8AlNaO2+4. The normalized spacial score (nSPS) is 6.00. The van der Waals surface area contributed by atoms with E-state index in [9.17, 15) is 0 Å². The zero-order valence-electron chi connectivity index (χ0n) is 4.85. The van der Waals surface area contributed by atoms with Gasteiger partial charge in [-0.05, 0) is 0 Å². The van der Waals surface area contributed by atoms with Crippen LogP contribution in [0.5, 0.6) is 0 Å². The van der Waals surface area contributed by atoms with Gasteiger partial charge in [0, 0.05) is 7.11 Å². The molecule has 32 valence electrons. The van der Waals surface area contributed by atoms with E-state index in [4.69, 9.17) is 5.11 Å². The fourth-order valence-electron chi connectivity index (χ4n) is 0.0913. The molecule has 0 aromatic heterocycles. The number of rotatable bonds is 2. The molecule has 0 fully saturated rings. The van der Waals surface area contributed by atoms with Crippen LogP contribution in [0.25, 0.3) is 0 Å². The van der Waals surface area contributed by atoms with E-state index in [0.29, 0.717) is 6.61 Å². The quantitative estimate of drug-likeness (QED) is 0.385. The third-order valence-corrected chi connectivity index (χ3v) is 0.295. The summed E-state index contributed by atoms with van der Waals surface area (Å²) in [6, 6.07) is 0. The van der Waals surface area contributed by atoms with Gasteiger partial charge in [0.25, 0.3) is 0 Å². The second-order valence-electron chi connectivity index (χ2n) is 0.716. The largest absolute Gasteiger partial charge is 3.00 e. The predicted molar refractivity (Wildman–Crippen MR) is 24.7 cm³/mol. The molecule has 0 atom stereocenters. The van der Waals surface area contributed by atoms with Crippen molar-refractivity contribution in [2.75, 3.05) is 20.3 Å². The first-order chi connectivity index (χ1) is 2.41. The fourth-order valence-corrected chi connectivity index (χ4v) is 0.0913. The second kappa shape index (κ2) is 15.7. The van der Waals surface area contributed by atoms with Gasteiger partial charge in [-0.2, -0.15) is 0 Å². The molecule has 0 saturated carbocycles. The molecule has 0 radical (unpaired) electrons. The Morgan fingerprint density at radius 2 is 2.00 bits per heavy atom. The van der Waals surface area contributed by atoms with Crippen molar-refractivity contribution in [2.45, 2.75) is 0 Å². The van der Waals surface area contributed by atoms with Crippen molar-refractivity contribution >= 4 is 17.4 Å². The maximum Gasteiger partial charge on any atom is 3.00 e. The van der Waals surface area contributed by atoms with Crippen LogP contribution in [0.1, 0.15) is 0 Å². The van der Waals surface area contributed by atoms with E-state index in [-0.39, 0.29) is 53.5 Å². The van der Waals surface area contributed by atoms with E-state index in [2.05, 4.69) is 4.74 Å². The molecule has 1 N–H and O–H groups in total. The van der Waals surface area contributed by atoms with Crippen LogP contribution in [0.3, 0.4) is 0 Å². The van der Waals surface area contributed by atoms with Gasteiger partial charge in [0.1, 0.15) is 0 Å². The molecular weight excluding hydrogens is 118 g/mol. The maximum atomic E-state index is 7.94. The Balaban J connectivity index is -0.0000000800. The predicted octanol–water partition coefficient (Wildman–Crippen LogP) is -3.75.